The second-order valence-electron chi connectivity index (χ2n) is 6.48. The topological polar surface area (TPSA) is 44.1 Å². The molecule has 0 amide bonds. The van der Waals surface area contributed by atoms with E-state index in [1.54, 1.807) is 12.4 Å². The van der Waals surface area contributed by atoms with Crippen molar-refractivity contribution in [2.75, 3.05) is 11.5 Å². The van der Waals surface area contributed by atoms with Gasteiger partial charge in [0.2, 0.25) is 0 Å². The third-order valence-electron chi connectivity index (χ3n) is 4.58. The molecule has 1 aliphatic heterocycles. The lowest BCUT2D eigenvalue weighted by Gasteiger charge is -2.33. The molecule has 0 saturated carbocycles. The minimum atomic E-state index is -0.970. The number of hydrogen-bond donors (Lipinski definition) is 0. The van der Waals surface area contributed by atoms with Crippen molar-refractivity contribution in [3.05, 3.63) is 64.9 Å². The number of carbonyl (C=O) groups excluding carboxylic acids is 1. The van der Waals surface area contributed by atoms with Gasteiger partial charge in [-0.3, -0.25) is 9.36 Å². The Morgan fingerprint density at radius 2 is 2.08 bits per heavy atom. The van der Waals surface area contributed by atoms with Crippen molar-refractivity contribution in [2.45, 2.75) is 32.5 Å². The van der Waals surface area contributed by atoms with E-state index < -0.39 is 5.60 Å². The zero-order chi connectivity index (χ0) is 18.4. The lowest BCUT2D eigenvalue weighted by Crippen LogP contribution is -2.46. The van der Waals surface area contributed by atoms with Crippen LogP contribution >= 0.6 is 23.5 Å². The summed E-state index contributed by atoms with van der Waals surface area (Å²) in [6.45, 7) is 4.34. The standard InChI is InChI=1S/C20H24N2O2S2/c1-16(13-18-25-11-6-12-26-18)20(2,19(23)22-10-9-21-15-22)24-14-17-7-4-3-5-8-17/h3-5,7-10,13,15-16H,6,11-12,14H2,1-2H3/t16-,20+/m1/s1. The van der Waals surface area contributed by atoms with Crippen molar-refractivity contribution < 1.29 is 9.53 Å². The Labute approximate surface area is 163 Å². The largest absolute Gasteiger partial charge is 0.360 e. The Balaban J connectivity index is 1.83. The second kappa shape index (κ2) is 8.93. The summed E-state index contributed by atoms with van der Waals surface area (Å²) < 4.78 is 9.05. The van der Waals surface area contributed by atoms with E-state index in [1.807, 2.05) is 60.8 Å². The molecule has 1 aromatic heterocycles. The van der Waals surface area contributed by atoms with Crippen molar-refractivity contribution in [1.82, 2.24) is 9.55 Å². The normalized spacial score (nSPS) is 18.2. The van der Waals surface area contributed by atoms with Gasteiger partial charge in [-0.15, -0.1) is 23.5 Å². The SMILES string of the molecule is C[C@H](C=C1SCCCS1)[C@](C)(OCc1ccccc1)C(=O)n1ccnc1. The van der Waals surface area contributed by atoms with E-state index in [1.165, 1.54) is 21.6 Å². The van der Waals surface area contributed by atoms with Gasteiger partial charge in [0.25, 0.3) is 5.91 Å². The van der Waals surface area contributed by atoms with Gasteiger partial charge in [-0.2, -0.15) is 0 Å². The van der Waals surface area contributed by atoms with Gasteiger partial charge in [-0.25, -0.2) is 4.98 Å². The van der Waals surface area contributed by atoms with Crippen LogP contribution in [-0.2, 0) is 11.3 Å². The Morgan fingerprint density at radius 3 is 2.73 bits per heavy atom. The van der Waals surface area contributed by atoms with Crippen LogP contribution in [-0.4, -0.2) is 32.6 Å². The molecule has 2 heterocycles. The fourth-order valence-electron chi connectivity index (χ4n) is 2.74. The van der Waals surface area contributed by atoms with Gasteiger partial charge in [0.15, 0.2) is 5.60 Å². The van der Waals surface area contributed by atoms with E-state index in [0.29, 0.717) is 6.61 Å². The van der Waals surface area contributed by atoms with Gasteiger partial charge in [0.05, 0.1) is 6.61 Å². The first-order valence-corrected chi connectivity index (χ1v) is 10.7. The number of thioether (sulfide) groups is 2. The summed E-state index contributed by atoms with van der Waals surface area (Å²) in [7, 11) is 0. The van der Waals surface area contributed by atoms with E-state index in [4.69, 9.17) is 4.74 Å². The number of imidazole rings is 1. The molecule has 0 radical (unpaired) electrons. The molecular weight excluding hydrogens is 364 g/mol. The predicted octanol–water partition coefficient (Wildman–Crippen LogP) is 4.85. The van der Waals surface area contributed by atoms with Crippen molar-refractivity contribution in [2.24, 2.45) is 5.92 Å². The number of aromatic nitrogens is 2. The van der Waals surface area contributed by atoms with Crippen LogP contribution in [0.3, 0.4) is 0 Å². The van der Waals surface area contributed by atoms with Crippen molar-refractivity contribution in [1.29, 1.82) is 0 Å². The fraction of sp³-hybridized carbons (Fsp3) is 0.400. The van der Waals surface area contributed by atoms with Crippen molar-refractivity contribution >= 4 is 29.4 Å². The molecule has 0 bridgehead atoms. The highest BCUT2D eigenvalue weighted by atomic mass is 32.2. The van der Waals surface area contributed by atoms with Gasteiger partial charge in [-0.1, -0.05) is 43.3 Å². The van der Waals surface area contributed by atoms with Crippen LogP contribution in [0, 0.1) is 5.92 Å². The smallest absolute Gasteiger partial charge is 0.264 e. The summed E-state index contributed by atoms with van der Waals surface area (Å²) >= 11 is 3.74. The van der Waals surface area contributed by atoms with E-state index in [-0.39, 0.29) is 11.8 Å². The molecule has 0 aliphatic carbocycles. The predicted molar refractivity (Wildman–Crippen MR) is 109 cm³/mol. The fourth-order valence-corrected chi connectivity index (χ4v) is 5.33. The van der Waals surface area contributed by atoms with Gasteiger partial charge >= 0.3 is 0 Å². The number of rotatable bonds is 6. The van der Waals surface area contributed by atoms with E-state index in [0.717, 1.165) is 17.1 Å². The minimum absolute atomic E-state index is 0.0609. The van der Waals surface area contributed by atoms with E-state index >= 15 is 0 Å². The zero-order valence-corrected chi connectivity index (χ0v) is 16.8. The summed E-state index contributed by atoms with van der Waals surface area (Å²) in [4.78, 5) is 17.2. The van der Waals surface area contributed by atoms with Crippen LogP contribution in [0.15, 0.2) is 59.4 Å². The minimum Gasteiger partial charge on any atom is -0.360 e. The monoisotopic (exact) mass is 388 g/mol. The molecule has 0 spiro atoms. The first-order valence-electron chi connectivity index (χ1n) is 8.77. The molecule has 1 saturated heterocycles. The molecule has 2 atom stereocenters. The first-order chi connectivity index (χ1) is 12.6. The number of hydrogen-bond acceptors (Lipinski definition) is 5. The Kier molecular flexibility index (Phi) is 6.62. The molecule has 26 heavy (non-hydrogen) atoms. The molecule has 6 heteroatoms. The summed E-state index contributed by atoms with van der Waals surface area (Å²) in [5.41, 5.74) is 0.0840. The van der Waals surface area contributed by atoms with Gasteiger partial charge < -0.3 is 4.74 Å². The Hall–Kier alpha value is -1.50. The average molecular weight is 389 g/mol. The van der Waals surface area contributed by atoms with Crippen LogP contribution in [0.4, 0.5) is 0 Å². The number of ether oxygens (including phenoxy) is 1. The molecule has 0 unspecified atom stereocenters. The highest BCUT2D eigenvalue weighted by Crippen LogP contribution is 2.38. The highest BCUT2D eigenvalue weighted by molar-refractivity contribution is 8.22. The molecule has 0 N–H and O–H groups in total. The average Bonchev–Trinajstić information content (AvgIpc) is 3.22. The molecule has 1 fully saturated rings. The summed E-state index contributed by atoms with van der Waals surface area (Å²) in [6.07, 6.45) is 8.25. The molecule has 138 valence electrons. The third-order valence-corrected chi connectivity index (χ3v) is 7.11. The number of benzene rings is 1. The summed E-state index contributed by atoms with van der Waals surface area (Å²) in [5, 5.41) is 0. The maximum Gasteiger partial charge on any atom is 0.264 e. The third kappa shape index (κ3) is 4.61. The van der Waals surface area contributed by atoms with Crippen LogP contribution < -0.4 is 0 Å². The second-order valence-corrected chi connectivity index (χ2v) is 9.01. The highest BCUT2D eigenvalue weighted by Gasteiger charge is 2.40. The number of carbonyl (C=O) groups is 1. The van der Waals surface area contributed by atoms with E-state index in [2.05, 4.69) is 18.0 Å². The Bertz CT molecular complexity index is 738. The molecule has 2 aromatic rings. The lowest BCUT2D eigenvalue weighted by atomic mass is 9.89. The maximum atomic E-state index is 13.2. The van der Waals surface area contributed by atoms with Crippen molar-refractivity contribution in [3.63, 3.8) is 0 Å². The van der Waals surface area contributed by atoms with Crippen LogP contribution in [0.2, 0.25) is 0 Å². The lowest BCUT2D eigenvalue weighted by molar-refractivity contribution is -0.0497. The maximum absolute atomic E-state index is 13.2. The van der Waals surface area contributed by atoms with Gasteiger partial charge in [-0.05, 0) is 30.4 Å². The van der Waals surface area contributed by atoms with Gasteiger partial charge in [0.1, 0.15) is 6.33 Å². The van der Waals surface area contributed by atoms with E-state index in [9.17, 15) is 4.79 Å². The van der Waals surface area contributed by atoms with Crippen LogP contribution in [0.25, 0.3) is 0 Å². The first kappa shape index (κ1) is 19.3. The number of nitrogens with zero attached hydrogens (tertiary/aromatic N) is 2. The van der Waals surface area contributed by atoms with Crippen molar-refractivity contribution in [3.8, 4) is 0 Å². The zero-order valence-electron chi connectivity index (χ0n) is 15.1. The summed E-state index contributed by atoms with van der Waals surface area (Å²) in [6, 6.07) is 9.96. The Morgan fingerprint density at radius 1 is 1.35 bits per heavy atom. The molecule has 4 nitrogen and oxygen atoms in total. The summed E-state index contributed by atoms with van der Waals surface area (Å²) in [5.74, 6) is 2.13. The van der Waals surface area contributed by atoms with Crippen LogP contribution in [0.1, 0.15) is 30.6 Å². The quantitative estimate of drug-likeness (QED) is 0.708. The molecular formula is C20H24N2O2S2. The molecule has 1 aromatic carbocycles. The molecule has 1 aliphatic rings. The molecule has 3 rings (SSSR count). The van der Waals surface area contributed by atoms with Crippen LogP contribution in [0.5, 0.6) is 0 Å². The van der Waals surface area contributed by atoms with Gasteiger partial charge in [0, 0.05) is 22.5 Å².